The largest absolute Gasteiger partial charge is 0.388 e. The predicted molar refractivity (Wildman–Crippen MR) is 68.4 cm³/mol. The summed E-state index contributed by atoms with van der Waals surface area (Å²) in [6.07, 6.45) is 6.94. The first-order valence-corrected chi connectivity index (χ1v) is 7.02. The molecule has 1 saturated heterocycles. The Balaban J connectivity index is 1.70. The Kier molecular flexibility index (Phi) is 4.83. The number of nitrogens with one attached hydrogen (secondary N) is 2. The normalized spacial score (nSPS) is 27.5. The summed E-state index contributed by atoms with van der Waals surface area (Å²) in [5.41, 5.74) is -0.708. The molecule has 0 spiro atoms. The number of carbonyl (C=O) groups excluding carboxylic acids is 1. The molecule has 1 heterocycles. The predicted octanol–water partition coefficient (Wildman–Crippen LogP) is 1.16. The van der Waals surface area contributed by atoms with Crippen LogP contribution in [0.4, 0.5) is 4.79 Å². The lowest BCUT2D eigenvalue weighted by molar-refractivity contribution is 0.0276. The summed E-state index contributed by atoms with van der Waals surface area (Å²) < 4.78 is 5.20. The molecular formula is C13H24N2O3. The number of ether oxygens (including phenoxy) is 1. The number of aliphatic hydroxyl groups is 1. The number of hydrogen-bond donors (Lipinski definition) is 3. The second-order valence-corrected chi connectivity index (χ2v) is 5.53. The average Bonchev–Trinajstić information content (AvgIpc) is 2.75. The van der Waals surface area contributed by atoms with E-state index in [9.17, 15) is 9.90 Å². The zero-order valence-corrected chi connectivity index (χ0v) is 10.9. The van der Waals surface area contributed by atoms with Crippen molar-refractivity contribution in [2.45, 2.75) is 56.6 Å². The molecule has 1 unspecified atom stereocenters. The van der Waals surface area contributed by atoms with Crippen LogP contribution in [0.3, 0.4) is 0 Å². The number of hydrogen-bond acceptors (Lipinski definition) is 3. The van der Waals surface area contributed by atoms with Crippen LogP contribution in [0.15, 0.2) is 0 Å². The SMILES string of the molecule is O=C(NCC1(O)CCCCCC1)NC1CCOC1. The Morgan fingerprint density at radius 2 is 2.00 bits per heavy atom. The van der Waals surface area contributed by atoms with E-state index < -0.39 is 5.60 Å². The lowest BCUT2D eigenvalue weighted by atomic mass is 9.94. The van der Waals surface area contributed by atoms with Crippen LogP contribution in [0.2, 0.25) is 0 Å². The Hall–Kier alpha value is -0.810. The van der Waals surface area contributed by atoms with Crippen molar-refractivity contribution in [1.29, 1.82) is 0 Å². The summed E-state index contributed by atoms with van der Waals surface area (Å²) in [5.74, 6) is 0. The third-order valence-corrected chi connectivity index (χ3v) is 3.88. The molecular weight excluding hydrogens is 232 g/mol. The molecule has 2 fully saturated rings. The summed E-state index contributed by atoms with van der Waals surface area (Å²) in [4.78, 5) is 11.7. The fraction of sp³-hybridized carbons (Fsp3) is 0.923. The minimum atomic E-state index is -0.708. The fourth-order valence-electron chi connectivity index (χ4n) is 2.69. The van der Waals surface area contributed by atoms with Crippen molar-refractivity contribution in [2.24, 2.45) is 0 Å². The number of amides is 2. The molecule has 2 rings (SSSR count). The maximum atomic E-state index is 11.7. The van der Waals surface area contributed by atoms with E-state index in [1.807, 2.05) is 0 Å². The third kappa shape index (κ3) is 4.14. The van der Waals surface area contributed by atoms with E-state index in [-0.39, 0.29) is 12.1 Å². The topological polar surface area (TPSA) is 70.6 Å². The Labute approximate surface area is 108 Å². The van der Waals surface area contributed by atoms with Gasteiger partial charge in [-0.15, -0.1) is 0 Å². The standard InChI is InChI=1S/C13H24N2O3/c16-12(15-11-5-8-18-9-11)14-10-13(17)6-3-1-2-4-7-13/h11,17H,1-10H2,(H2,14,15,16). The molecule has 1 aliphatic carbocycles. The van der Waals surface area contributed by atoms with Gasteiger partial charge in [-0.3, -0.25) is 0 Å². The Morgan fingerprint density at radius 1 is 1.28 bits per heavy atom. The van der Waals surface area contributed by atoms with E-state index in [1.165, 1.54) is 12.8 Å². The van der Waals surface area contributed by atoms with Gasteiger partial charge < -0.3 is 20.5 Å². The molecule has 0 bridgehead atoms. The average molecular weight is 256 g/mol. The number of rotatable bonds is 3. The van der Waals surface area contributed by atoms with Crippen LogP contribution in [0, 0.1) is 0 Å². The van der Waals surface area contributed by atoms with Gasteiger partial charge in [0.05, 0.1) is 18.2 Å². The zero-order chi connectivity index (χ0) is 12.8. The molecule has 1 saturated carbocycles. The first-order valence-electron chi connectivity index (χ1n) is 7.02. The van der Waals surface area contributed by atoms with Crippen molar-refractivity contribution in [3.63, 3.8) is 0 Å². The van der Waals surface area contributed by atoms with Crippen molar-refractivity contribution in [3.8, 4) is 0 Å². The highest BCUT2D eigenvalue weighted by Crippen LogP contribution is 2.26. The maximum Gasteiger partial charge on any atom is 0.315 e. The van der Waals surface area contributed by atoms with E-state index in [4.69, 9.17) is 4.74 Å². The summed E-state index contributed by atoms with van der Waals surface area (Å²) in [6, 6.07) is -0.0723. The lowest BCUT2D eigenvalue weighted by Gasteiger charge is -2.27. The van der Waals surface area contributed by atoms with E-state index >= 15 is 0 Å². The molecule has 1 aliphatic heterocycles. The van der Waals surface area contributed by atoms with Crippen molar-refractivity contribution >= 4 is 6.03 Å². The quantitative estimate of drug-likeness (QED) is 0.664. The summed E-state index contributed by atoms with van der Waals surface area (Å²) in [5, 5.41) is 16.1. The van der Waals surface area contributed by atoms with Crippen LogP contribution in [0.1, 0.15) is 44.9 Å². The van der Waals surface area contributed by atoms with Crippen molar-refractivity contribution in [2.75, 3.05) is 19.8 Å². The van der Waals surface area contributed by atoms with Crippen LogP contribution in [-0.4, -0.2) is 42.5 Å². The van der Waals surface area contributed by atoms with Gasteiger partial charge in [0.2, 0.25) is 0 Å². The van der Waals surface area contributed by atoms with Crippen LogP contribution in [0.5, 0.6) is 0 Å². The van der Waals surface area contributed by atoms with Gasteiger partial charge in [-0.2, -0.15) is 0 Å². The van der Waals surface area contributed by atoms with E-state index in [2.05, 4.69) is 10.6 Å². The van der Waals surface area contributed by atoms with E-state index in [0.29, 0.717) is 13.2 Å². The molecule has 0 aromatic carbocycles. The van der Waals surface area contributed by atoms with Crippen LogP contribution < -0.4 is 10.6 Å². The lowest BCUT2D eigenvalue weighted by Crippen LogP contribution is -2.48. The molecule has 0 aromatic heterocycles. The minimum Gasteiger partial charge on any atom is -0.388 e. The number of urea groups is 1. The van der Waals surface area contributed by atoms with Crippen LogP contribution >= 0.6 is 0 Å². The molecule has 104 valence electrons. The molecule has 5 nitrogen and oxygen atoms in total. The first kappa shape index (κ1) is 13.6. The van der Waals surface area contributed by atoms with Gasteiger partial charge in [0.25, 0.3) is 0 Å². The molecule has 2 aliphatic rings. The van der Waals surface area contributed by atoms with Gasteiger partial charge in [-0.05, 0) is 19.3 Å². The van der Waals surface area contributed by atoms with Crippen molar-refractivity contribution in [1.82, 2.24) is 10.6 Å². The van der Waals surface area contributed by atoms with Crippen molar-refractivity contribution in [3.05, 3.63) is 0 Å². The van der Waals surface area contributed by atoms with Gasteiger partial charge in [0, 0.05) is 13.2 Å². The Morgan fingerprint density at radius 3 is 2.61 bits per heavy atom. The molecule has 0 radical (unpaired) electrons. The second kappa shape index (κ2) is 6.38. The molecule has 2 amide bonds. The molecule has 1 atom stereocenters. The summed E-state index contributed by atoms with van der Waals surface area (Å²) >= 11 is 0. The van der Waals surface area contributed by atoms with Gasteiger partial charge in [0.1, 0.15) is 0 Å². The molecule has 18 heavy (non-hydrogen) atoms. The highest BCUT2D eigenvalue weighted by Gasteiger charge is 2.28. The van der Waals surface area contributed by atoms with E-state index in [0.717, 1.165) is 38.7 Å². The fourth-order valence-corrected chi connectivity index (χ4v) is 2.69. The molecule has 5 heteroatoms. The van der Waals surface area contributed by atoms with Crippen LogP contribution in [0.25, 0.3) is 0 Å². The molecule has 3 N–H and O–H groups in total. The monoisotopic (exact) mass is 256 g/mol. The highest BCUT2D eigenvalue weighted by molar-refractivity contribution is 5.74. The zero-order valence-electron chi connectivity index (χ0n) is 10.9. The van der Waals surface area contributed by atoms with Gasteiger partial charge in [0.15, 0.2) is 0 Å². The number of carbonyl (C=O) groups is 1. The van der Waals surface area contributed by atoms with Gasteiger partial charge in [-0.25, -0.2) is 4.79 Å². The van der Waals surface area contributed by atoms with Gasteiger partial charge >= 0.3 is 6.03 Å². The highest BCUT2D eigenvalue weighted by atomic mass is 16.5. The van der Waals surface area contributed by atoms with Crippen molar-refractivity contribution < 1.29 is 14.6 Å². The first-order chi connectivity index (χ1) is 8.68. The Bertz CT molecular complexity index is 269. The van der Waals surface area contributed by atoms with Gasteiger partial charge in [-0.1, -0.05) is 25.7 Å². The summed E-state index contributed by atoms with van der Waals surface area (Å²) in [7, 11) is 0. The third-order valence-electron chi connectivity index (χ3n) is 3.88. The second-order valence-electron chi connectivity index (χ2n) is 5.53. The smallest absolute Gasteiger partial charge is 0.315 e. The maximum absolute atomic E-state index is 11.7. The minimum absolute atomic E-state index is 0.119. The van der Waals surface area contributed by atoms with Crippen LogP contribution in [-0.2, 0) is 4.74 Å². The summed E-state index contributed by atoms with van der Waals surface area (Å²) in [6.45, 7) is 1.67. The van der Waals surface area contributed by atoms with E-state index in [1.54, 1.807) is 0 Å². The molecule has 0 aromatic rings.